The maximum atomic E-state index is 8.55. The molecule has 0 aromatic carbocycles. The van der Waals surface area contributed by atoms with Gasteiger partial charge < -0.3 is 38.5 Å². The van der Waals surface area contributed by atoms with Crippen LogP contribution in [0.25, 0.3) is 0 Å². The normalized spacial score (nSPS) is 7.87. The third kappa shape index (κ3) is 524. The van der Waals surface area contributed by atoms with Crippen molar-refractivity contribution in [2.45, 2.75) is 0 Å². The summed E-state index contributed by atoms with van der Waals surface area (Å²) in [6, 6.07) is 0. The average Bonchev–Trinajstić information content (AvgIpc) is 1.12. The molecule has 0 bridgehead atoms. The van der Waals surface area contributed by atoms with Crippen LogP contribution < -0.4 is 85.9 Å². The molecule has 15 heteroatoms. The second-order valence-corrected chi connectivity index (χ2v) is 2.68. The van der Waals surface area contributed by atoms with Crippen LogP contribution in [0.2, 0.25) is 0 Å². The molecular formula is BFeLi3O8P2. The van der Waals surface area contributed by atoms with Crippen molar-refractivity contribution in [2.24, 2.45) is 0 Å². The first-order chi connectivity index (χ1) is 4.00. The van der Waals surface area contributed by atoms with Crippen molar-refractivity contribution in [3.05, 3.63) is 0 Å². The van der Waals surface area contributed by atoms with Crippen molar-refractivity contribution >= 4 is 24.1 Å². The predicted molar refractivity (Wildman–Crippen MR) is 21.0 cm³/mol. The maximum Gasteiger partial charge on any atom is 3.00 e. The molecule has 0 heterocycles. The number of hydrogen-bond acceptors (Lipinski definition) is 8. The van der Waals surface area contributed by atoms with Crippen molar-refractivity contribution < 1.29 is 112 Å². The van der Waals surface area contributed by atoms with E-state index in [2.05, 4.69) is 0 Å². The van der Waals surface area contributed by atoms with Gasteiger partial charge in [-0.25, -0.2) is 0 Å². The van der Waals surface area contributed by atoms with Gasteiger partial charge in [-0.05, 0) is 0 Å². The van der Waals surface area contributed by atoms with E-state index in [0.717, 1.165) is 0 Å². The molecule has 0 rings (SSSR count). The van der Waals surface area contributed by atoms with Crippen molar-refractivity contribution in [1.29, 1.82) is 0 Å². The predicted octanol–water partition coefficient (Wildman–Crippen LogP) is -15.0. The Hall–Kier alpha value is 2.60. The van der Waals surface area contributed by atoms with E-state index in [1.807, 2.05) is 0 Å². The molecule has 0 aliphatic carbocycles. The van der Waals surface area contributed by atoms with Crippen LogP contribution in [-0.2, 0) is 26.2 Å². The third-order valence-electron chi connectivity index (χ3n) is 0. The van der Waals surface area contributed by atoms with Crippen LogP contribution in [0.1, 0.15) is 0 Å². The number of phosphoric acid groups is 2. The van der Waals surface area contributed by atoms with Gasteiger partial charge in [0, 0.05) is 8.41 Å². The van der Waals surface area contributed by atoms with Crippen molar-refractivity contribution in [2.75, 3.05) is 0 Å². The molecule has 0 saturated carbocycles. The van der Waals surface area contributed by atoms with Gasteiger partial charge in [-0.15, -0.1) is 0 Å². The minimum absolute atomic E-state index is 0. The molecule has 15 heavy (non-hydrogen) atoms. The topological polar surface area (TPSA) is 172 Å². The summed E-state index contributed by atoms with van der Waals surface area (Å²) in [5.74, 6) is 0. The number of hydrogen-bond donors (Lipinski definition) is 0. The van der Waals surface area contributed by atoms with Gasteiger partial charge in [-0.3, -0.25) is 0 Å². The molecule has 8 nitrogen and oxygen atoms in total. The van der Waals surface area contributed by atoms with Gasteiger partial charge in [0.1, 0.15) is 0 Å². The van der Waals surface area contributed by atoms with E-state index >= 15 is 0 Å². The zero-order valence-electron chi connectivity index (χ0n) is 8.09. The number of rotatable bonds is 0. The first-order valence-electron chi connectivity index (χ1n) is 1.46. The monoisotopic (exact) mass is 278 g/mol. The molecule has 0 aliphatic heterocycles. The standard InChI is InChI=1S/B.Fe.3Li.2H3O4P/c;;;;;2*1-5(2,3)4/h;;;;;2*(H3,1,2,3,4)/q;+3;3*+1;;/p-6. The van der Waals surface area contributed by atoms with Crippen LogP contribution in [0, 0.1) is 0 Å². The van der Waals surface area contributed by atoms with Crippen LogP contribution in [-0.4, -0.2) is 8.41 Å². The summed E-state index contributed by atoms with van der Waals surface area (Å²) >= 11 is 0. The molecule has 0 fully saturated rings. The minimum Gasteiger partial charge on any atom is -0.822 e. The second kappa shape index (κ2) is 18.9. The van der Waals surface area contributed by atoms with E-state index in [4.69, 9.17) is 38.5 Å². The quantitative estimate of drug-likeness (QED) is 0.310. The molecular weight excluding hydrogens is 277 g/mol. The van der Waals surface area contributed by atoms with Gasteiger partial charge in [0.05, 0.1) is 0 Å². The Balaban J connectivity index is -0.0000000128. The summed E-state index contributed by atoms with van der Waals surface area (Å²) in [5.41, 5.74) is 0. The molecule has 0 saturated heterocycles. The first kappa shape index (κ1) is 43.2. The van der Waals surface area contributed by atoms with Crippen molar-refractivity contribution in [3.8, 4) is 0 Å². The van der Waals surface area contributed by atoms with Crippen LogP contribution in [0.15, 0.2) is 0 Å². The van der Waals surface area contributed by atoms with E-state index < -0.39 is 15.6 Å². The molecule has 0 aromatic heterocycles. The average molecular weight is 277 g/mol. The largest absolute Gasteiger partial charge is 3.00 e. The summed E-state index contributed by atoms with van der Waals surface area (Å²) in [4.78, 5) is 51.3. The fourth-order valence-corrected chi connectivity index (χ4v) is 0. The van der Waals surface area contributed by atoms with Crippen LogP contribution in [0.5, 0.6) is 0 Å². The van der Waals surface area contributed by atoms with E-state index in [1.54, 1.807) is 0 Å². The Bertz CT molecular complexity index is 140. The SMILES string of the molecule is O=P([O-])([O-])[O-].O=P([O-])([O-])[O-].[B].[Fe+3].[Li+].[Li+].[Li+]. The summed E-state index contributed by atoms with van der Waals surface area (Å²) in [6.07, 6.45) is 0. The molecule has 4 radical (unpaired) electrons. The van der Waals surface area contributed by atoms with E-state index in [1.165, 1.54) is 0 Å². The zero-order valence-corrected chi connectivity index (χ0v) is 11.0. The van der Waals surface area contributed by atoms with Gasteiger partial charge in [-0.2, -0.15) is 15.6 Å². The van der Waals surface area contributed by atoms with Gasteiger partial charge in [0.15, 0.2) is 0 Å². The summed E-state index contributed by atoms with van der Waals surface area (Å²) in [7, 11) is -10.8. The fraction of sp³-hybridized carbons (Fsp3) is 0. The molecule has 0 aliphatic rings. The third-order valence-corrected chi connectivity index (χ3v) is 0. The van der Waals surface area contributed by atoms with Crippen LogP contribution in [0.4, 0.5) is 0 Å². The Kier molecular flexibility index (Phi) is 54.5. The second-order valence-electron chi connectivity index (χ2n) is 0.894. The Morgan fingerprint density at radius 1 is 0.600 bits per heavy atom. The molecule has 0 atom stereocenters. The molecule has 0 aromatic rings. The van der Waals surface area contributed by atoms with Crippen LogP contribution >= 0.6 is 15.6 Å². The molecule has 0 amide bonds. The Morgan fingerprint density at radius 2 is 0.600 bits per heavy atom. The molecule has 72 valence electrons. The van der Waals surface area contributed by atoms with Gasteiger partial charge in [0.25, 0.3) is 0 Å². The fourth-order valence-electron chi connectivity index (χ4n) is 0. The Morgan fingerprint density at radius 3 is 0.600 bits per heavy atom. The Labute approximate surface area is 135 Å². The van der Waals surface area contributed by atoms with Gasteiger partial charge in [-0.1, -0.05) is 0 Å². The van der Waals surface area contributed by atoms with Gasteiger partial charge in [0.2, 0.25) is 0 Å². The summed E-state index contributed by atoms with van der Waals surface area (Å²) < 4.78 is 17.1. The van der Waals surface area contributed by atoms with Crippen molar-refractivity contribution in [1.82, 2.24) is 0 Å². The molecule has 0 N–H and O–H groups in total. The zero-order chi connectivity index (χ0) is 9.00. The molecule has 0 spiro atoms. The van der Waals surface area contributed by atoms with Crippen LogP contribution in [0.3, 0.4) is 0 Å². The van der Waals surface area contributed by atoms with E-state index in [-0.39, 0.29) is 82.1 Å². The van der Waals surface area contributed by atoms with Gasteiger partial charge >= 0.3 is 73.7 Å². The van der Waals surface area contributed by atoms with E-state index in [0.29, 0.717) is 0 Å². The smallest absolute Gasteiger partial charge is 0.822 e. The first-order valence-corrected chi connectivity index (χ1v) is 4.38. The van der Waals surface area contributed by atoms with Crippen molar-refractivity contribution in [3.63, 3.8) is 0 Å². The summed E-state index contributed by atoms with van der Waals surface area (Å²) in [5, 5.41) is 0. The minimum atomic E-state index is -5.39. The maximum absolute atomic E-state index is 8.55. The van der Waals surface area contributed by atoms with E-state index in [9.17, 15) is 0 Å². The molecule has 0 unspecified atom stereocenters. The summed E-state index contributed by atoms with van der Waals surface area (Å²) in [6.45, 7) is 0.